The molecule has 0 fully saturated rings. The molecule has 0 atom stereocenters. The van der Waals surface area contributed by atoms with Crippen LogP contribution in [0.3, 0.4) is 0 Å². The number of benzene rings is 3. The third kappa shape index (κ3) is 6.50. The summed E-state index contributed by atoms with van der Waals surface area (Å²) in [4.78, 5) is 12.5. The maximum atomic E-state index is 13.0. The molecule has 0 heterocycles. The average Bonchev–Trinajstić information content (AvgIpc) is 2.76. The number of rotatable bonds is 6. The van der Waals surface area contributed by atoms with Gasteiger partial charge >= 0.3 is 12.4 Å². The van der Waals surface area contributed by atoms with Gasteiger partial charge in [-0.05, 0) is 53.9 Å². The molecule has 0 unspecified atom stereocenters. The Hall–Kier alpha value is -3.49. The van der Waals surface area contributed by atoms with Gasteiger partial charge < -0.3 is 10.1 Å². The second-order valence-electron chi connectivity index (χ2n) is 7.35. The predicted molar refractivity (Wildman–Crippen MR) is 110 cm³/mol. The number of hydrogen-bond acceptors (Lipinski definition) is 2. The van der Waals surface area contributed by atoms with E-state index in [1.807, 2.05) is 30.3 Å². The summed E-state index contributed by atoms with van der Waals surface area (Å²) in [6.45, 7) is 1.53. The number of nitrogens with one attached hydrogen (secondary N) is 1. The van der Waals surface area contributed by atoms with Crippen LogP contribution in [0.1, 0.15) is 38.2 Å². The van der Waals surface area contributed by atoms with Crippen LogP contribution in [0, 0.1) is 6.92 Å². The Morgan fingerprint density at radius 1 is 0.818 bits per heavy atom. The highest BCUT2D eigenvalue weighted by molar-refractivity contribution is 5.94. The van der Waals surface area contributed by atoms with Crippen molar-refractivity contribution in [2.75, 3.05) is 0 Å². The fourth-order valence-electron chi connectivity index (χ4n) is 3.04. The zero-order valence-corrected chi connectivity index (χ0v) is 17.3. The van der Waals surface area contributed by atoms with Gasteiger partial charge in [0.15, 0.2) is 0 Å². The van der Waals surface area contributed by atoms with E-state index < -0.39 is 35.9 Å². The van der Waals surface area contributed by atoms with Crippen LogP contribution in [0.2, 0.25) is 0 Å². The van der Waals surface area contributed by atoms with Crippen LogP contribution in [0.15, 0.2) is 66.7 Å². The number of aryl methyl sites for hydroxylation is 1. The van der Waals surface area contributed by atoms with Gasteiger partial charge in [-0.2, -0.15) is 26.3 Å². The van der Waals surface area contributed by atoms with Crippen LogP contribution in [-0.4, -0.2) is 5.91 Å². The first kappa shape index (κ1) is 24.2. The average molecular weight is 467 g/mol. The van der Waals surface area contributed by atoms with Gasteiger partial charge in [-0.15, -0.1) is 0 Å². The Labute approximate surface area is 186 Å². The lowest BCUT2D eigenvalue weighted by atomic mass is 10.0. The molecule has 0 bridgehead atoms. The first-order valence-electron chi connectivity index (χ1n) is 9.77. The van der Waals surface area contributed by atoms with E-state index in [0.717, 1.165) is 11.1 Å². The van der Waals surface area contributed by atoms with E-state index >= 15 is 0 Å². The summed E-state index contributed by atoms with van der Waals surface area (Å²) in [5, 5.41) is 2.36. The fourth-order valence-corrected chi connectivity index (χ4v) is 3.04. The number of halogens is 6. The first-order valence-corrected chi connectivity index (χ1v) is 9.77. The zero-order valence-electron chi connectivity index (χ0n) is 17.3. The second-order valence-corrected chi connectivity index (χ2v) is 7.35. The molecule has 0 aromatic heterocycles. The molecule has 0 aliphatic rings. The Morgan fingerprint density at radius 3 is 2.00 bits per heavy atom. The minimum Gasteiger partial charge on any atom is -0.489 e. The molecule has 0 saturated heterocycles. The van der Waals surface area contributed by atoms with Crippen molar-refractivity contribution in [1.82, 2.24) is 5.32 Å². The molecular formula is C24H19F6NO2. The molecule has 1 amide bonds. The number of ether oxygens (including phenoxy) is 1. The lowest BCUT2D eigenvalue weighted by molar-refractivity contribution is -0.143. The van der Waals surface area contributed by atoms with Crippen molar-refractivity contribution in [2.45, 2.75) is 32.4 Å². The molecule has 0 saturated carbocycles. The van der Waals surface area contributed by atoms with Crippen LogP contribution in [0.25, 0.3) is 0 Å². The molecule has 3 nitrogen and oxygen atoms in total. The summed E-state index contributed by atoms with van der Waals surface area (Å²) in [5.74, 6) is -0.226. The summed E-state index contributed by atoms with van der Waals surface area (Å²) in [7, 11) is 0. The Balaban J connectivity index is 1.74. The summed E-state index contributed by atoms with van der Waals surface area (Å²) in [5.41, 5.74) is -1.36. The molecule has 33 heavy (non-hydrogen) atoms. The van der Waals surface area contributed by atoms with Gasteiger partial charge in [-0.25, -0.2) is 0 Å². The van der Waals surface area contributed by atoms with E-state index in [1.165, 1.54) is 12.1 Å². The highest BCUT2D eigenvalue weighted by Gasteiger charge is 2.36. The zero-order chi connectivity index (χ0) is 24.2. The molecule has 3 rings (SSSR count). The molecule has 3 aromatic rings. The Morgan fingerprint density at radius 2 is 1.42 bits per heavy atom. The molecule has 174 valence electrons. The van der Waals surface area contributed by atoms with Crippen molar-refractivity contribution < 1.29 is 35.9 Å². The second kappa shape index (κ2) is 9.56. The minimum absolute atomic E-state index is 0.0433. The van der Waals surface area contributed by atoms with Crippen molar-refractivity contribution in [1.29, 1.82) is 0 Å². The number of alkyl halides is 6. The largest absolute Gasteiger partial charge is 0.489 e. The number of hydrogen-bond donors (Lipinski definition) is 1. The normalized spacial score (nSPS) is 11.8. The summed E-state index contributed by atoms with van der Waals surface area (Å²) in [6, 6.07) is 15.1. The molecular weight excluding hydrogens is 448 g/mol. The smallest absolute Gasteiger partial charge is 0.416 e. The van der Waals surface area contributed by atoms with Crippen molar-refractivity contribution in [2.24, 2.45) is 0 Å². The van der Waals surface area contributed by atoms with Crippen LogP contribution >= 0.6 is 0 Å². The van der Waals surface area contributed by atoms with Crippen molar-refractivity contribution >= 4 is 5.91 Å². The predicted octanol–water partition coefficient (Wildman–Crippen LogP) is 6.54. The fraction of sp³-hybridized carbons (Fsp3) is 0.208. The standard InChI is InChI=1S/C24H19F6NO2/c1-15-7-8-18(11-21(15)33-14-16-5-3-2-4-6-16)22(32)31-13-17-9-19(23(25,26)27)12-20(10-17)24(28,29)30/h2-12H,13-14H2,1H3,(H,31,32). The van der Waals surface area contributed by atoms with E-state index in [4.69, 9.17) is 4.74 Å². The minimum atomic E-state index is -4.96. The quantitative estimate of drug-likeness (QED) is 0.418. The van der Waals surface area contributed by atoms with E-state index in [2.05, 4.69) is 5.32 Å². The molecule has 1 N–H and O–H groups in total. The number of carbonyl (C=O) groups excluding carboxylic acids is 1. The monoisotopic (exact) mass is 467 g/mol. The first-order chi connectivity index (χ1) is 15.4. The molecule has 0 aliphatic heterocycles. The van der Waals surface area contributed by atoms with Crippen molar-refractivity contribution in [3.05, 3.63) is 100 Å². The van der Waals surface area contributed by atoms with E-state index in [0.29, 0.717) is 17.9 Å². The summed E-state index contributed by atoms with van der Waals surface area (Å²) in [6.07, 6.45) is -9.91. The van der Waals surface area contributed by atoms with Gasteiger partial charge in [-0.1, -0.05) is 36.4 Å². The van der Waals surface area contributed by atoms with Crippen molar-refractivity contribution in [3.8, 4) is 5.75 Å². The van der Waals surface area contributed by atoms with Gasteiger partial charge in [-0.3, -0.25) is 4.79 Å². The van der Waals surface area contributed by atoms with Gasteiger partial charge in [0.1, 0.15) is 12.4 Å². The van der Waals surface area contributed by atoms with Crippen LogP contribution in [0.4, 0.5) is 26.3 Å². The summed E-state index contributed by atoms with van der Waals surface area (Å²) >= 11 is 0. The van der Waals surface area contributed by atoms with E-state index in [9.17, 15) is 31.1 Å². The molecule has 0 radical (unpaired) electrons. The highest BCUT2D eigenvalue weighted by Crippen LogP contribution is 2.36. The van der Waals surface area contributed by atoms with Gasteiger partial charge in [0, 0.05) is 12.1 Å². The lowest BCUT2D eigenvalue weighted by Crippen LogP contribution is -2.23. The lowest BCUT2D eigenvalue weighted by Gasteiger charge is -2.15. The SMILES string of the molecule is Cc1ccc(C(=O)NCc2cc(C(F)(F)F)cc(C(F)(F)F)c2)cc1OCc1ccccc1. The molecule has 0 aliphatic carbocycles. The number of amides is 1. The van der Waals surface area contributed by atoms with Crippen LogP contribution < -0.4 is 10.1 Å². The van der Waals surface area contributed by atoms with E-state index in [1.54, 1.807) is 13.0 Å². The molecule has 0 spiro atoms. The van der Waals surface area contributed by atoms with Crippen LogP contribution in [0.5, 0.6) is 5.75 Å². The van der Waals surface area contributed by atoms with E-state index in [-0.39, 0.29) is 23.8 Å². The highest BCUT2D eigenvalue weighted by atomic mass is 19.4. The van der Waals surface area contributed by atoms with Gasteiger partial charge in [0.2, 0.25) is 0 Å². The third-order valence-electron chi connectivity index (χ3n) is 4.79. The Kier molecular flexibility index (Phi) is 7.00. The maximum absolute atomic E-state index is 13.0. The Bertz CT molecular complexity index is 1090. The van der Waals surface area contributed by atoms with Gasteiger partial charge in [0.25, 0.3) is 5.91 Å². The van der Waals surface area contributed by atoms with Crippen molar-refractivity contribution in [3.63, 3.8) is 0 Å². The maximum Gasteiger partial charge on any atom is 0.416 e. The topological polar surface area (TPSA) is 38.3 Å². The summed E-state index contributed by atoms with van der Waals surface area (Å²) < 4.78 is 83.8. The van der Waals surface area contributed by atoms with Crippen LogP contribution in [-0.2, 0) is 25.5 Å². The molecule has 3 aromatic carbocycles. The van der Waals surface area contributed by atoms with Gasteiger partial charge in [0.05, 0.1) is 11.1 Å². The third-order valence-corrected chi connectivity index (χ3v) is 4.79. The molecule has 9 heteroatoms. The number of carbonyl (C=O) groups is 1.